The highest BCUT2D eigenvalue weighted by molar-refractivity contribution is 8.14. The third kappa shape index (κ3) is 3.41. The number of rotatable bonds is 4. The molecule has 1 aliphatic carbocycles. The van der Waals surface area contributed by atoms with E-state index in [1.807, 2.05) is 11.8 Å². The Bertz CT molecular complexity index is 298. The monoisotopic (exact) mass is 270 g/mol. The van der Waals surface area contributed by atoms with Crippen molar-refractivity contribution in [2.24, 2.45) is 10.9 Å². The van der Waals surface area contributed by atoms with Crippen LogP contribution in [0.3, 0.4) is 0 Å². The summed E-state index contributed by atoms with van der Waals surface area (Å²) in [6, 6.07) is 0.281. The fraction of sp³-hybridized carbons (Fsp3) is 0.929. The summed E-state index contributed by atoms with van der Waals surface area (Å²) in [5.41, 5.74) is 0.357. The van der Waals surface area contributed by atoms with Crippen molar-refractivity contribution in [3.8, 4) is 0 Å². The van der Waals surface area contributed by atoms with Crippen molar-refractivity contribution in [2.75, 3.05) is 19.5 Å². The second-order valence-electron chi connectivity index (χ2n) is 5.96. The number of thioether (sulfide) groups is 1. The van der Waals surface area contributed by atoms with E-state index < -0.39 is 0 Å². The minimum absolute atomic E-state index is 0.281. The molecule has 1 aliphatic heterocycles. The zero-order valence-electron chi connectivity index (χ0n) is 11.9. The van der Waals surface area contributed by atoms with Gasteiger partial charge in [0.25, 0.3) is 0 Å². The fourth-order valence-electron chi connectivity index (χ4n) is 2.77. The molecule has 1 saturated carbocycles. The molecule has 0 aromatic heterocycles. The molecule has 1 unspecified atom stereocenters. The summed E-state index contributed by atoms with van der Waals surface area (Å²) in [7, 11) is 1.76. The first-order chi connectivity index (χ1) is 8.65. The van der Waals surface area contributed by atoms with Gasteiger partial charge >= 0.3 is 0 Å². The molecule has 0 aromatic carbocycles. The summed E-state index contributed by atoms with van der Waals surface area (Å²) in [5, 5.41) is 4.85. The van der Waals surface area contributed by atoms with Crippen LogP contribution in [-0.4, -0.2) is 36.2 Å². The minimum atomic E-state index is 0.281. The number of hydrogen-bond acceptors (Lipinski definition) is 3. The van der Waals surface area contributed by atoms with E-state index in [4.69, 9.17) is 9.73 Å². The van der Waals surface area contributed by atoms with Gasteiger partial charge in [0.05, 0.1) is 12.6 Å². The van der Waals surface area contributed by atoms with Crippen LogP contribution in [0, 0.1) is 5.92 Å². The Balaban J connectivity index is 1.97. The average molecular weight is 270 g/mol. The van der Waals surface area contributed by atoms with E-state index in [1.54, 1.807) is 7.11 Å². The Labute approximate surface area is 115 Å². The van der Waals surface area contributed by atoms with Gasteiger partial charge in [-0.1, -0.05) is 44.9 Å². The minimum Gasteiger partial charge on any atom is -0.382 e. The molecule has 104 valence electrons. The topological polar surface area (TPSA) is 33.6 Å². The van der Waals surface area contributed by atoms with Crippen molar-refractivity contribution in [2.45, 2.75) is 57.5 Å². The molecule has 2 fully saturated rings. The molecular formula is C14H26N2OS. The first-order valence-corrected chi connectivity index (χ1v) is 8.11. The van der Waals surface area contributed by atoms with Crippen LogP contribution in [0.4, 0.5) is 0 Å². The van der Waals surface area contributed by atoms with E-state index in [9.17, 15) is 0 Å². The zero-order chi connectivity index (χ0) is 13.0. The quantitative estimate of drug-likeness (QED) is 0.852. The number of amidine groups is 1. The molecule has 0 radical (unpaired) electrons. The number of ether oxygens (including phenoxy) is 1. The van der Waals surface area contributed by atoms with E-state index in [1.165, 1.54) is 37.9 Å². The maximum Gasteiger partial charge on any atom is 0.157 e. The van der Waals surface area contributed by atoms with Crippen molar-refractivity contribution in [3.05, 3.63) is 0 Å². The first kappa shape index (κ1) is 14.2. The van der Waals surface area contributed by atoms with Gasteiger partial charge in [-0.25, -0.2) is 0 Å². The maximum absolute atomic E-state index is 5.27. The standard InChI is InChI=1S/C14H26N2OS/c1-11(2)12(9-17-3)15-13-16-14(10-18-13)7-5-4-6-8-14/h11-12H,4-10H2,1-3H3,(H,15,16). The van der Waals surface area contributed by atoms with Crippen molar-refractivity contribution in [3.63, 3.8) is 0 Å². The van der Waals surface area contributed by atoms with Gasteiger partial charge in [-0.3, -0.25) is 4.99 Å². The van der Waals surface area contributed by atoms with Crippen LogP contribution in [0.1, 0.15) is 46.0 Å². The lowest BCUT2D eigenvalue weighted by Gasteiger charge is -2.32. The highest BCUT2D eigenvalue weighted by Crippen LogP contribution is 2.36. The van der Waals surface area contributed by atoms with E-state index in [0.29, 0.717) is 11.5 Å². The number of aliphatic imine (C=N–C) groups is 1. The maximum atomic E-state index is 5.27. The summed E-state index contributed by atoms with van der Waals surface area (Å²) in [5.74, 6) is 1.73. The second kappa shape index (κ2) is 6.29. The van der Waals surface area contributed by atoms with Crippen LogP contribution in [0.25, 0.3) is 0 Å². The van der Waals surface area contributed by atoms with Gasteiger partial charge in [-0.15, -0.1) is 0 Å². The van der Waals surface area contributed by atoms with Crippen molar-refractivity contribution < 1.29 is 4.74 Å². The van der Waals surface area contributed by atoms with Gasteiger partial charge in [-0.05, 0) is 18.8 Å². The normalized spacial score (nSPS) is 26.8. The molecule has 1 saturated heterocycles. The van der Waals surface area contributed by atoms with E-state index in [0.717, 1.165) is 11.8 Å². The lowest BCUT2D eigenvalue weighted by Crippen LogP contribution is -2.45. The zero-order valence-corrected chi connectivity index (χ0v) is 12.7. The van der Waals surface area contributed by atoms with Gasteiger partial charge in [0.2, 0.25) is 0 Å². The largest absolute Gasteiger partial charge is 0.382 e. The van der Waals surface area contributed by atoms with E-state index in [2.05, 4.69) is 19.2 Å². The van der Waals surface area contributed by atoms with Crippen LogP contribution >= 0.6 is 11.8 Å². The molecule has 4 heteroatoms. The Hall–Kier alpha value is -0.220. The van der Waals surface area contributed by atoms with Gasteiger partial charge in [0, 0.05) is 18.4 Å². The summed E-state index contributed by atoms with van der Waals surface area (Å²) in [4.78, 5) is 4.86. The van der Waals surface area contributed by atoms with E-state index >= 15 is 0 Å². The third-order valence-corrected chi connectivity index (χ3v) is 5.24. The van der Waals surface area contributed by atoms with Crippen molar-refractivity contribution in [1.29, 1.82) is 0 Å². The Morgan fingerprint density at radius 2 is 2.06 bits per heavy atom. The summed E-state index contributed by atoms with van der Waals surface area (Å²) < 4.78 is 5.27. The lowest BCUT2D eigenvalue weighted by molar-refractivity contribution is 0.165. The van der Waals surface area contributed by atoms with Crippen LogP contribution in [0.15, 0.2) is 4.99 Å². The molecule has 2 aliphatic rings. The summed E-state index contributed by atoms with van der Waals surface area (Å²) in [6.45, 7) is 5.14. The molecule has 0 aromatic rings. The molecule has 1 atom stereocenters. The molecule has 0 bridgehead atoms. The fourth-order valence-corrected chi connectivity index (χ4v) is 4.05. The molecule has 1 heterocycles. The van der Waals surface area contributed by atoms with Gasteiger partial charge in [-0.2, -0.15) is 0 Å². The molecule has 18 heavy (non-hydrogen) atoms. The van der Waals surface area contributed by atoms with Gasteiger partial charge in [0.1, 0.15) is 0 Å². The molecule has 1 N–H and O–H groups in total. The van der Waals surface area contributed by atoms with Crippen LogP contribution in [-0.2, 0) is 4.74 Å². The van der Waals surface area contributed by atoms with Crippen molar-refractivity contribution in [1.82, 2.24) is 5.32 Å². The number of hydrogen-bond donors (Lipinski definition) is 1. The molecule has 1 spiro atoms. The molecule has 2 rings (SSSR count). The van der Waals surface area contributed by atoms with Crippen LogP contribution in [0.5, 0.6) is 0 Å². The van der Waals surface area contributed by atoms with E-state index in [-0.39, 0.29) is 6.04 Å². The van der Waals surface area contributed by atoms with Crippen molar-refractivity contribution >= 4 is 16.9 Å². The van der Waals surface area contributed by atoms with Gasteiger partial charge in [0.15, 0.2) is 5.17 Å². The predicted octanol–water partition coefficient (Wildman–Crippen LogP) is 3.05. The molecule has 3 nitrogen and oxygen atoms in total. The molecular weight excluding hydrogens is 244 g/mol. The average Bonchev–Trinajstić information content (AvgIpc) is 2.72. The predicted molar refractivity (Wildman–Crippen MR) is 79.3 cm³/mol. The summed E-state index contributed by atoms with van der Waals surface area (Å²) in [6.07, 6.45) is 6.77. The Morgan fingerprint density at radius 3 is 2.67 bits per heavy atom. The Morgan fingerprint density at radius 1 is 1.33 bits per heavy atom. The van der Waals surface area contributed by atoms with Crippen LogP contribution in [0.2, 0.25) is 0 Å². The lowest BCUT2D eigenvalue weighted by atomic mass is 9.83. The SMILES string of the molecule is COCC(N=C1NC2(CCCCC2)CS1)C(C)C. The number of methoxy groups -OCH3 is 1. The summed E-state index contributed by atoms with van der Waals surface area (Å²) >= 11 is 1.90. The third-order valence-electron chi connectivity index (χ3n) is 4.06. The molecule has 0 amide bonds. The second-order valence-corrected chi connectivity index (χ2v) is 6.92. The number of nitrogens with zero attached hydrogens (tertiary/aromatic N) is 1. The highest BCUT2D eigenvalue weighted by Gasteiger charge is 2.38. The first-order valence-electron chi connectivity index (χ1n) is 7.13. The number of nitrogens with one attached hydrogen (secondary N) is 1. The smallest absolute Gasteiger partial charge is 0.157 e. The highest BCUT2D eigenvalue weighted by atomic mass is 32.2. The van der Waals surface area contributed by atoms with Crippen LogP contribution < -0.4 is 5.32 Å². The van der Waals surface area contributed by atoms with Gasteiger partial charge < -0.3 is 10.1 Å². The Kier molecular flexibility index (Phi) is 4.96.